The maximum atomic E-state index is 13.1. The van der Waals surface area contributed by atoms with Gasteiger partial charge in [0.1, 0.15) is 17.7 Å². The van der Waals surface area contributed by atoms with Gasteiger partial charge in [0.15, 0.2) is 0 Å². The quantitative estimate of drug-likeness (QED) is 0.755. The van der Waals surface area contributed by atoms with Crippen molar-refractivity contribution in [3.63, 3.8) is 0 Å². The number of rotatable bonds is 6. The first-order valence-electron chi connectivity index (χ1n) is 7.66. The van der Waals surface area contributed by atoms with Gasteiger partial charge in [-0.3, -0.25) is 9.59 Å². The Bertz CT molecular complexity index is 801. The second-order valence-electron chi connectivity index (χ2n) is 5.26. The highest BCUT2D eigenvalue weighted by atomic mass is 35.5. The standard InChI is InChI=1S/C18H18ClFN2O4/c1-25-15-6-4-3-5-12(15)16(26-2)10-21-17(23)18(24)22-11-7-8-14(20)13(19)9-11/h3-9,16H,10H2,1-2H3,(H,21,23)(H,22,24)/t16-/m0/s1. The van der Waals surface area contributed by atoms with E-state index in [0.717, 1.165) is 11.6 Å². The summed E-state index contributed by atoms with van der Waals surface area (Å²) < 4.78 is 23.8. The zero-order valence-electron chi connectivity index (χ0n) is 14.2. The average Bonchev–Trinajstić information content (AvgIpc) is 2.65. The fraction of sp³-hybridized carbons (Fsp3) is 0.222. The van der Waals surface area contributed by atoms with Crippen LogP contribution in [0.4, 0.5) is 10.1 Å². The van der Waals surface area contributed by atoms with Gasteiger partial charge in [0.2, 0.25) is 0 Å². The molecular weight excluding hydrogens is 363 g/mol. The van der Waals surface area contributed by atoms with Gasteiger partial charge in [0.25, 0.3) is 0 Å². The normalized spacial score (nSPS) is 11.5. The van der Waals surface area contributed by atoms with Crippen LogP contribution >= 0.6 is 11.6 Å². The molecule has 0 fully saturated rings. The number of amides is 2. The Kier molecular flexibility index (Phi) is 6.94. The molecule has 26 heavy (non-hydrogen) atoms. The van der Waals surface area contributed by atoms with E-state index < -0.39 is 23.7 Å². The van der Waals surface area contributed by atoms with Crippen molar-refractivity contribution in [3.05, 3.63) is 58.9 Å². The number of benzene rings is 2. The maximum absolute atomic E-state index is 13.1. The minimum absolute atomic E-state index is 0.0628. The Morgan fingerprint density at radius 3 is 2.54 bits per heavy atom. The van der Waals surface area contributed by atoms with E-state index in [-0.39, 0.29) is 17.3 Å². The van der Waals surface area contributed by atoms with Crippen LogP contribution in [-0.2, 0) is 14.3 Å². The van der Waals surface area contributed by atoms with Crippen molar-refractivity contribution >= 4 is 29.1 Å². The molecule has 2 amide bonds. The number of ether oxygens (including phenoxy) is 2. The third kappa shape index (κ3) is 4.93. The van der Waals surface area contributed by atoms with Crippen molar-refractivity contribution in [2.75, 3.05) is 26.1 Å². The third-order valence-electron chi connectivity index (χ3n) is 3.60. The summed E-state index contributed by atoms with van der Waals surface area (Å²) in [6, 6.07) is 10.8. The molecule has 2 aromatic carbocycles. The lowest BCUT2D eigenvalue weighted by Gasteiger charge is -2.18. The third-order valence-corrected chi connectivity index (χ3v) is 3.89. The summed E-state index contributed by atoms with van der Waals surface area (Å²) in [6.07, 6.45) is -0.497. The fourth-order valence-electron chi connectivity index (χ4n) is 2.28. The van der Waals surface area contributed by atoms with Gasteiger partial charge in [-0.1, -0.05) is 29.8 Å². The Morgan fingerprint density at radius 2 is 1.88 bits per heavy atom. The summed E-state index contributed by atoms with van der Waals surface area (Å²) in [6.45, 7) is 0.0628. The van der Waals surface area contributed by atoms with Crippen LogP contribution in [0.2, 0.25) is 5.02 Å². The average molecular weight is 381 g/mol. The molecule has 2 rings (SSSR count). The maximum Gasteiger partial charge on any atom is 0.313 e. The number of methoxy groups -OCH3 is 2. The van der Waals surface area contributed by atoms with Crippen molar-refractivity contribution in [2.24, 2.45) is 0 Å². The molecule has 0 unspecified atom stereocenters. The van der Waals surface area contributed by atoms with Crippen molar-refractivity contribution in [3.8, 4) is 5.75 Å². The molecule has 8 heteroatoms. The molecule has 0 aromatic heterocycles. The molecule has 0 bridgehead atoms. The van der Waals surface area contributed by atoms with E-state index in [9.17, 15) is 14.0 Å². The molecule has 0 saturated carbocycles. The van der Waals surface area contributed by atoms with Gasteiger partial charge < -0.3 is 20.1 Å². The predicted molar refractivity (Wildman–Crippen MR) is 95.8 cm³/mol. The van der Waals surface area contributed by atoms with Gasteiger partial charge in [0.05, 0.1) is 12.1 Å². The second kappa shape index (κ2) is 9.17. The number of halogens is 2. The van der Waals surface area contributed by atoms with Crippen LogP contribution in [0.5, 0.6) is 5.75 Å². The van der Waals surface area contributed by atoms with Crippen LogP contribution in [0.25, 0.3) is 0 Å². The topological polar surface area (TPSA) is 76.7 Å². The molecule has 0 aliphatic carbocycles. The number of carbonyl (C=O) groups excluding carboxylic acids is 2. The van der Waals surface area contributed by atoms with E-state index in [1.54, 1.807) is 12.1 Å². The van der Waals surface area contributed by atoms with Gasteiger partial charge in [-0.15, -0.1) is 0 Å². The highest BCUT2D eigenvalue weighted by molar-refractivity contribution is 6.39. The smallest absolute Gasteiger partial charge is 0.313 e. The molecule has 0 aliphatic heterocycles. The summed E-state index contributed by atoms with van der Waals surface area (Å²) in [4.78, 5) is 23.9. The molecule has 0 heterocycles. The lowest BCUT2D eigenvalue weighted by atomic mass is 10.1. The Balaban J connectivity index is 1.97. The highest BCUT2D eigenvalue weighted by Crippen LogP contribution is 2.26. The molecule has 2 aromatic rings. The molecule has 0 aliphatic rings. The Morgan fingerprint density at radius 1 is 1.15 bits per heavy atom. The molecule has 6 nitrogen and oxygen atoms in total. The van der Waals surface area contributed by atoms with Gasteiger partial charge in [-0.2, -0.15) is 0 Å². The summed E-state index contributed by atoms with van der Waals surface area (Å²) in [5, 5.41) is 4.68. The summed E-state index contributed by atoms with van der Waals surface area (Å²) in [7, 11) is 3.02. The molecule has 138 valence electrons. The van der Waals surface area contributed by atoms with Crippen LogP contribution < -0.4 is 15.4 Å². The SMILES string of the molecule is COc1ccccc1[C@H](CNC(=O)C(=O)Nc1ccc(F)c(Cl)c1)OC. The fourth-order valence-corrected chi connectivity index (χ4v) is 2.46. The minimum Gasteiger partial charge on any atom is -0.496 e. The Labute approximate surface area is 155 Å². The lowest BCUT2D eigenvalue weighted by Crippen LogP contribution is -2.38. The predicted octanol–water partition coefficient (Wildman–Crippen LogP) is 2.93. The first kappa shape index (κ1) is 19.7. The monoisotopic (exact) mass is 380 g/mol. The zero-order valence-corrected chi connectivity index (χ0v) is 15.0. The largest absolute Gasteiger partial charge is 0.496 e. The molecule has 0 radical (unpaired) electrons. The van der Waals surface area contributed by atoms with E-state index in [2.05, 4.69) is 10.6 Å². The molecular formula is C18H18ClFN2O4. The molecule has 1 atom stereocenters. The van der Waals surface area contributed by atoms with Crippen LogP contribution in [0, 0.1) is 5.82 Å². The number of anilines is 1. The van der Waals surface area contributed by atoms with E-state index in [0.29, 0.717) is 5.75 Å². The first-order chi connectivity index (χ1) is 12.5. The summed E-state index contributed by atoms with van der Waals surface area (Å²) in [5.41, 5.74) is 0.952. The van der Waals surface area contributed by atoms with Crippen molar-refractivity contribution in [1.82, 2.24) is 5.32 Å². The molecule has 2 N–H and O–H groups in total. The number of hydrogen-bond acceptors (Lipinski definition) is 4. The minimum atomic E-state index is -0.900. The van der Waals surface area contributed by atoms with Crippen molar-refractivity contribution in [2.45, 2.75) is 6.10 Å². The van der Waals surface area contributed by atoms with Gasteiger partial charge in [-0.25, -0.2) is 4.39 Å². The second-order valence-corrected chi connectivity index (χ2v) is 5.67. The van der Waals surface area contributed by atoms with E-state index in [1.165, 1.54) is 26.4 Å². The number of para-hydroxylation sites is 1. The van der Waals surface area contributed by atoms with Crippen LogP contribution in [-0.4, -0.2) is 32.6 Å². The zero-order chi connectivity index (χ0) is 19.1. The van der Waals surface area contributed by atoms with Crippen molar-refractivity contribution < 1.29 is 23.5 Å². The van der Waals surface area contributed by atoms with Gasteiger partial charge in [0, 0.05) is 24.9 Å². The number of carbonyl (C=O) groups is 2. The van der Waals surface area contributed by atoms with E-state index in [1.807, 2.05) is 12.1 Å². The molecule has 0 saturated heterocycles. The van der Waals surface area contributed by atoms with Crippen LogP contribution in [0.3, 0.4) is 0 Å². The van der Waals surface area contributed by atoms with E-state index >= 15 is 0 Å². The van der Waals surface area contributed by atoms with Gasteiger partial charge >= 0.3 is 11.8 Å². The lowest BCUT2D eigenvalue weighted by molar-refractivity contribution is -0.136. The summed E-state index contributed by atoms with van der Waals surface area (Å²) in [5.74, 6) is -1.77. The first-order valence-corrected chi connectivity index (χ1v) is 8.04. The summed E-state index contributed by atoms with van der Waals surface area (Å²) >= 11 is 5.64. The molecule has 0 spiro atoms. The van der Waals surface area contributed by atoms with E-state index in [4.69, 9.17) is 21.1 Å². The highest BCUT2D eigenvalue weighted by Gasteiger charge is 2.19. The van der Waals surface area contributed by atoms with Gasteiger partial charge in [-0.05, 0) is 24.3 Å². The van der Waals surface area contributed by atoms with Crippen LogP contribution in [0.15, 0.2) is 42.5 Å². The number of nitrogens with one attached hydrogen (secondary N) is 2. The number of hydrogen-bond donors (Lipinski definition) is 2. The van der Waals surface area contributed by atoms with Crippen molar-refractivity contribution in [1.29, 1.82) is 0 Å². The Hall–Kier alpha value is -2.64. The van der Waals surface area contributed by atoms with Crippen LogP contribution in [0.1, 0.15) is 11.7 Å².